The Labute approximate surface area is 129 Å². The molecule has 0 aliphatic heterocycles. The van der Waals surface area contributed by atoms with E-state index in [4.69, 9.17) is 4.42 Å². The molecule has 0 aliphatic rings. The van der Waals surface area contributed by atoms with E-state index >= 15 is 0 Å². The van der Waals surface area contributed by atoms with Gasteiger partial charge in [0, 0.05) is 12.7 Å². The lowest BCUT2D eigenvalue weighted by molar-refractivity contribution is -0.116. The van der Waals surface area contributed by atoms with E-state index in [-0.39, 0.29) is 18.4 Å². The second kappa shape index (κ2) is 6.47. The predicted octanol–water partition coefficient (Wildman–Crippen LogP) is 2.92. The van der Waals surface area contributed by atoms with Crippen molar-refractivity contribution >= 4 is 17.5 Å². The first-order valence-corrected chi connectivity index (χ1v) is 7.05. The van der Waals surface area contributed by atoms with Crippen LogP contribution in [-0.2, 0) is 4.79 Å². The normalized spacial score (nSPS) is 10.4. The van der Waals surface area contributed by atoms with E-state index in [1.54, 1.807) is 20.0 Å². The number of hydrogen-bond acceptors (Lipinski definition) is 3. The van der Waals surface area contributed by atoms with E-state index in [1.165, 1.54) is 11.2 Å². The molecule has 1 N–H and O–H groups in total. The Morgan fingerprint density at radius 1 is 1.18 bits per heavy atom. The van der Waals surface area contributed by atoms with Gasteiger partial charge in [-0.15, -0.1) is 0 Å². The second-order valence-corrected chi connectivity index (χ2v) is 5.35. The predicted molar refractivity (Wildman–Crippen MR) is 85.0 cm³/mol. The molecule has 0 unspecified atom stereocenters. The van der Waals surface area contributed by atoms with Crippen LogP contribution in [0.3, 0.4) is 0 Å². The Hall–Kier alpha value is -2.56. The van der Waals surface area contributed by atoms with E-state index < -0.39 is 0 Å². The summed E-state index contributed by atoms with van der Waals surface area (Å²) < 4.78 is 5.12. The number of furan rings is 1. The van der Waals surface area contributed by atoms with Gasteiger partial charge in [0.25, 0.3) is 5.91 Å². The van der Waals surface area contributed by atoms with Crippen molar-refractivity contribution < 1.29 is 14.0 Å². The first kappa shape index (κ1) is 15.8. The van der Waals surface area contributed by atoms with E-state index in [2.05, 4.69) is 5.32 Å². The Morgan fingerprint density at radius 2 is 1.91 bits per heavy atom. The Morgan fingerprint density at radius 3 is 2.55 bits per heavy atom. The molecule has 1 heterocycles. The quantitative estimate of drug-likeness (QED) is 0.944. The number of likely N-dealkylation sites (N-methyl/N-ethyl adjacent to an activating group) is 1. The Bertz CT molecular complexity index is 704. The molecule has 22 heavy (non-hydrogen) atoms. The number of anilines is 1. The number of nitrogens with zero attached hydrogens (tertiary/aromatic N) is 1. The lowest BCUT2D eigenvalue weighted by atomic mass is 10.1. The topological polar surface area (TPSA) is 62.6 Å². The van der Waals surface area contributed by atoms with Crippen molar-refractivity contribution in [3.05, 3.63) is 53.0 Å². The maximum absolute atomic E-state index is 12.2. The first-order valence-electron chi connectivity index (χ1n) is 7.05. The third-order valence-electron chi connectivity index (χ3n) is 3.70. The van der Waals surface area contributed by atoms with Gasteiger partial charge in [-0.05, 0) is 44.0 Å². The second-order valence-electron chi connectivity index (χ2n) is 5.35. The number of benzene rings is 1. The van der Waals surface area contributed by atoms with Gasteiger partial charge in [0.2, 0.25) is 5.91 Å². The molecule has 0 bridgehead atoms. The maximum atomic E-state index is 12.2. The summed E-state index contributed by atoms with van der Waals surface area (Å²) in [5.41, 5.74) is 3.37. The number of rotatable bonds is 4. The van der Waals surface area contributed by atoms with Gasteiger partial charge in [-0.1, -0.05) is 12.1 Å². The number of carbonyl (C=O) groups excluding carboxylic acids is 2. The van der Waals surface area contributed by atoms with Gasteiger partial charge in [-0.25, -0.2) is 0 Å². The van der Waals surface area contributed by atoms with E-state index in [9.17, 15) is 9.59 Å². The number of amides is 2. The average molecular weight is 300 g/mol. The SMILES string of the molecule is Cc1cccc(NC(=O)CN(C)C(=O)c2ccoc2C)c1C. The molecule has 0 saturated carbocycles. The van der Waals surface area contributed by atoms with Crippen molar-refractivity contribution in [3.8, 4) is 0 Å². The molecular weight excluding hydrogens is 280 g/mol. The number of hydrogen-bond donors (Lipinski definition) is 1. The molecule has 0 radical (unpaired) electrons. The van der Waals surface area contributed by atoms with Gasteiger partial charge >= 0.3 is 0 Å². The number of carbonyl (C=O) groups is 2. The molecule has 2 amide bonds. The molecule has 0 aliphatic carbocycles. The number of aryl methyl sites for hydroxylation is 2. The minimum absolute atomic E-state index is 0.0170. The fourth-order valence-electron chi connectivity index (χ4n) is 2.18. The van der Waals surface area contributed by atoms with Crippen molar-refractivity contribution in [3.63, 3.8) is 0 Å². The van der Waals surface area contributed by atoms with Crippen LogP contribution in [0.1, 0.15) is 27.2 Å². The molecule has 0 fully saturated rings. The Kier molecular flexibility index (Phi) is 4.65. The van der Waals surface area contributed by atoms with Crippen molar-refractivity contribution in [2.45, 2.75) is 20.8 Å². The molecule has 0 saturated heterocycles. The molecule has 5 heteroatoms. The van der Waals surface area contributed by atoms with Crippen LogP contribution in [0.25, 0.3) is 0 Å². The summed E-state index contributed by atoms with van der Waals surface area (Å²) in [5, 5.41) is 2.84. The van der Waals surface area contributed by atoms with Gasteiger partial charge < -0.3 is 14.6 Å². The van der Waals surface area contributed by atoms with Crippen molar-refractivity contribution in [2.75, 3.05) is 18.9 Å². The van der Waals surface area contributed by atoms with Crippen LogP contribution in [-0.4, -0.2) is 30.3 Å². The summed E-state index contributed by atoms with van der Waals surface area (Å²) in [5.74, 6) is 0.0832. The van der Waals surface area contributed by atoms with Crippen LogP contribution in [0.5, 0.6) is 0 Å². The molecule has 5 nitrogen and oxygen atoms in total. The summed E-state index contributed by atoms with van der Waals surface area (Å²) in [7, 11) is 1.59. The minimum atomic E-state index is -0.234. The highest BCUT2D eigenvalue weighted by atomic mass is 16.3. The van der Waals surface area contributed by atoms with Crippen LogP contribution >= 0.6 is 0 Å². The molecule has 2 aromatic rings. The molecule has 0 atom stereocenters. The fraction of sp³-hybridized carbons (Fsp3) is 0.294. The van der Waals surface area contributed by atoms with Crippen molar-refractivity contribution in [2.24, 2.45) is 0 Å². The lowest BCUT2D eigenvalue weighted by Crippen LogP contribution is -2.35. The summed E-state index contributed by atoms with van der Waals surface area (Å²) in [6, 6.07) is 7.34. The zero-order chi connectivity index (χ0) is 16.3. The van der Waals surface area contributed by atoms with Crippen molar-refractivity contribution in [1.82, 2.24) is 4.90 Å². The monoisotopic (exact) mass is 300 g/mol. The van der Waals surface area contributed by atoms with Gasteiger partial charge in [-0.3, -0.25) is 9.59 Å². The van der Waals surface area contributed by atoms with E-state index in [0.29, 0.717) is 11.3 Å². The molecule has 0 spiro atoms. The first-order chi connectivity index (χ1) is 10.4. The minimum Gasteiger partial charge on any atom is -0.469 e. The van der Waals surface area contributed by atoms with Gasteiger partial charge in [0.15, 0.2) is 0 Å². The highest BCUT2D eigenvalue weighted by Gasteiger charge is 2.18. The van der Waals surface area contributed by atoms with Crippen LogP contribution in [0.4, 0.5) is 5.69 Å². The third kappa shape index (κ3) is 3.36. The molecule has 2 rings (SSSR count). The molecule has 1 aromatic carbocycles. The average Bonchev–Trinajstić information content (AvgIpc) is 2.89. The lowest BCUT2D eigenvalue weighted by Gasteiger charge is -2.17. The molecule has 1 aromatic heterocycles. The van der Waals surface area contributed by atoms with Crippen LogP contribution in [0.15, 0.2) is 34.9 Å². The maximum Gasteiger partial charge on any atom is 0.257 e. The zero-order valence-corrected chi connectivity index (χ0v) is 13.3. The van der Waals surface area contributed by atoms with Gasteiger partial charge in [0.1, 0.15) is 5.76 Å². The number of nitrogens with one attached hydrogen (secondary N) is 1. The van der Waals surface area contributed by atoms with Crippen molar-refractivity contribution in [1.29, 1.82) is 0 Å². The fourth-order valence-corrected chi connectivity index (χ4v) is 2.18. The highest BCUT2D eigenvalue weighted by Crippen LogP contribution is 2.18. The largest absolute Gasteiger partial charge is 0.469 e. The summed E-state index contributed by atoms with van der Waals surface area (Å²) in [4.78, 5) is 25.7. The molecular formula is C17H20N2O3. The van der Waals surface area contributed by atoms with Crippen LogP contribution in [0, 0.1) is 20.8 Å². The van der Waals surface area contributed by atoms with Crippen LogP contribution in [0.2, 0.25) is 0 Å². The van der Waals surface area contributed by atoms with Crippen LogP contribution < -0.4 is 5.32 Å². The van der Waals surface area contributed by atoms with E-state index in [0.717, 1.165) is 16.8 Å². The molecule has 116 valence electrons. The Balaban J connectivity index is 2.01. The standard InChI is InChI=1S/C17H20N2O3/c1-11-6-5-7-15(12(11)2)18-16(20)10-19(4)17(21)14-8-9-22-13(14)3/h5-9H,10H2,1-4H3,(H,18,20). The summed E-state index contributed by atoms with van der Waals surface area (Å²) in [6.07, 6.45) is 1.46. The zero-order valence-electron chi connectivity index (χ0n) is 13.3. The van der Waals surface area contributed by atoms with Gasteiger partial charge in [-0.2, -0.15) is 0 Å². The summed E-state index contributed by atoms with van der Waals surface area (Å²) >= 11 is 0. The smallest absolute Gasteiger partial charge is 0.257 e. The van der Waals surface area contributed by atoms with Gasteiger partial charge in [0.05, 0.1) is 18.4 Å². The van der Waals surface area contributed by atoms with E-state index in [1.807, 2.05) is 32.0 Å². The summed E-state index contributed by atoms with van der Waals surface area (Å²) in [6.45, 7) is 5.64. The third-order valence-corrected chi connectivity index (χ3v) is 3.70. The highest BCUT2D eigenvalue weighted by molar-refractivity contribution is 5.99.